The molecule has 2 aliphatic rings. The zero-order valence-electron chi connectivity index (χ0n) is 9.65. The molecule has 1 aromatic carbocycles. The van der Waals surface area contributed by atoms with Gasteiger partial charge in [0.25, 0.3) is 0 Å². The van der Waals surface area contributed by atoms with E-state index in [1.54, 1.807) is 0 Å². The van der Waals surface area contributed by atoms with Crippen LogP contribution < -0.4 is 5.32 Å². The van der Waals surface area contributed by atoms with Crippen molar-refractivity contribution in [1.82, 2.24) is 5.32 Å². The summed E-state index contributed by atoms with van der Waals surface area (Å²) in [6.07, 6.45) is -2.80. The first-order valence-corrected chi connectivity index (χ1v) is 6.00. The lowest BCUT2D eigenvalue weighted by molar-refractivity contribution is -0.138. The van der Waals surface area contributed by atoms with Crippen molar-refractivity contribution >= 4 is 0 Å². The summed E-state index contributed by atoms with van der Waals surface area (Å²) in [6, 6.07) is 3.04. The summed E-state index contributed by atoms with van der Waals surface area (Å²) in [4.78, 5) is 0. The fraction of sp³-hybridized carbons (Fsp3) is 0.538. The van der Waals surface area contributed by atoms with E-state index < -0.39 is 17.6 Å². The Bertz CT molecular complexity index is 474. The molecule has 1 nitrogen and oxygen atoms in total. The summed E-state index contributed by atoms with van der Waals surface area (Å²) in [6.45, 7) is 1.63. The van der Waals surface area contributed by atoms with Gasteiger partial charge in [0.2, 0.25) is 0 Å². The lowest BCUT2D eigenvalue weighted by Gasteiger charge is -2.15. The van der Waals surface area contributed by atoms with Gasteiger partial charge in [-0.1, -0.05) is 6.07 Å². The molecular formula is C13H13F4N. The molecule has 2 atom stereocenters. The Labute approximate surface area is 102 Å². The van der Waals surface area contributed by atoms with Crippen LogP contribution in [0.4, 0.5) is 17.6 Å². The molecule has 1 spiro atoms. The molecule has 0 radical (unpaired) electrons. The van der Waals surface area contributed by atoms with Crippen LogP contribution in [0.2, 0.25) is 0 Å². The van der Waals surface area contributed by atoms with Gasteiger partial charge in [-0.3, -0.25) is 0 Å². The van der Waals surface area contributed by atoms with E-state index in [1.807, 2.05) is 0 Å². The van der Waals surface area contributed by atoms with Crippen molar-refractivity contribution in [2.45, 2.75) is 24.9 Å². The number of benzene rings is 1. The van der Waals surface area contributed by atoms with Crippen LogP contribution in [-0.2, 0) is 6.18 Å². The van der Waals surface area contributed by atoms with Gasteiger partial charge in [0.1, 0.15) is 5.82 Å². The minimum atomic E-state index is -4.48. The van der Waals surface area contributed by atoms with Crippen molar-refractivity contribution < 1.29 is 17.6 Å². The zero-order chi connectivity index (χ0) is 13.0. The first kappa shape index (κ1) is 12.0. The number of alkyl halides is 3. The minimum absolute atomic E-state index is 0.0160. The summed E-state index contributed by atoms with van der Waals surface area (Å²) in [5.74, 6) is -0.907. The normalized spacial score (nSPS) is 31.0. The van der Waals surface area contributed by atoms with Crippen LogP contribution >= 0.6 is 0 Å². The molecule has 3 rings (SSSR count). The van der Waals surface area contributed by atoms with Gasteiger partial charge in [0, 0.05) is 6.54 Å². The molecule has 1 saturated heterocycles. The Balaban J connectivity index is 1.98. The van der Waals surface area contributed by atoms with E-state index in [-0.39, 0.29) is 16.9 Å². The highest BCUT2D eigenvalue weighted by molar-refractivity contribution is 5.40. The topological polar surface area (TPSA) is 12.0 Å². The quantitative estimate of drug-likeness (QED) is 0.763. The zero-order valence-corrected chi connectivity index (χ0v) is 9.65. The summed E-state index contributed by atoms with van der Waals surface area (Å²) in [7, 11) is 0. The molecule has 1 unspecified atom stereocenters. The van der Waals surface area contributed by atoms with E-state index in [2.05, 4.69) is 5.32 Å². The molecule has 5 heteroatoms. The van der Waals surface area contributed by atoms with E-state index in [4.69, 9.17) is 0 Å². The van der Waals surface area contributed by atoms with Crippen LogP contribution in [-0.4, -0.2) is 13.1 Å². The molecule has 1 N–H and O–H groups in total. The number of nitrogens with one attached hydrogen (secondary N) is 1. The van der Waals surface area contributed by atoms with E-state index in [1.165, 1.54) is 6.07 Å². The molecule has 1 aliphatic carbocycles. The first-order chi connectivity index (χ1) is 8.42. The average Bonchev–Trinajstić information content (AvgIpc) is 2.76. The summed E-state index contributed by atoms with van der Waals surface area (Å²) in [5, 5.41) is 3.19. The SMILES string of the molecule is Fc1ccc([C@@H]2CC23CCNC3)c(C(F)(F)F)c1. The van der Waals surface area contributed by atoms with Gasteiger partial charge in [-0.25, -0.2) is 4.39 Å². The molecule has 1 aliphatic heterocycles. The predicted molar refractivity (Wildman–Crippen MR) is 58.7 cm³/mol. The van der Waals surface area contributed by atoms with E-state index in [0.717, 1.165) is 32.0 Å². The largest absolute Gasteiger partial charge is 0.416 e. The van der Waals surface area contributed by atoms with Crippen molar-refractivity contribution in [3.05, 3.63) is 35.1 Å². The first-order valence-electron chi connectivity index (χ1n) is 6.00. The highest BCUT2D eigenvalue weighted by Gasteiger charge is 2.57. The van der Waals surface area contributed by atoms with E-state index in [9.17, 15) is 17.6 Å². The van der Waals surface area contributed by atoms with Crippen LogP contribution in [0.25, 0.3) is 0 Å². The van der Waals surface area contributed by atoms with Crippen molar-refractivity contribution in [2.24, 2.45) is 5.41 Å². The number of hydrogen-bond donors (Lipinski definition) is 1. The molecule has 1 aromatic rings. The maximum Gasteiger partial charge on any atom is 0.416 e. The van der Waals surface area contributed by atoms with E-state index in [0.29, 0.717) is 6.07 Å². The standard InChI is InChI=1S/C13H13F4N/c14-8-1-2-9(10(5-8)13(15,16)17)11-6-12(11)3-4-18-7-12/h1-2,5,11,18H,3-4,6-7H2/t11-,12?/m0/s1. The Morgan fingerprint density at radius 2 is 2.06 bits per heavy atom. The maximum atomic E-state index is 13.0. The summed E-state index contributed by atoms with van der Waals surface area (Å²) < 4.78 is 51.7. The number of halogens is 4. The third kappa shape index (κ3) is 1.81. The molecular weight excluding hydrogens is 246 g/mol. The average molecular weight is 259 g/mol. The molecule has 1 heterocycles. The number of hydrogen-bond acceptors (Lipinski definition) is 1. The Hall–Kier alpha value is -1.10. The van der Waals surface area contributed by atoms with E-state index >= 15 is 0 Å². The Morgan fingerprint density at radius 1 is 1.28 bits per heavy atom. The highest BCUT2D eigenvalue weighted by atomic mass is 19.4. The Kier molecular flexibility index (Phi) is 2.46. The van der Waals surface area contributed by atoms with Gasteiger partial charge in [0.05, 0.1) is 5.56 Å². The van der Waals surface area contributed by atoms with Gasteiger partial charge < -0.3 is 5.32 Å². The van der Waals surface area contributed by atoms with Crippen molar-refractivity contribution in [3.8, 4) is 0 Å². The lowest BCUT2D eigenvalue weighted by atomic mass is 9.94. The van der Waals surface area contributed by atoms with Gasteiger partial charge in [-0.2, -0.15) is 13.2 Å². The van der Waals surface area contributed by atoms with Crippen molar-refractivity contribution in [1.29, 1.82) is 0 Å². The van der Waals surface area contributed by atoms with Crippen molar-refractivity contribution in [3.63, 3.8) is 0 Å². The van der Waals surface area contributed by atoms with Crippen LogP contribution in [0.5, 0.6) is 0 Å². The summed E-state index contributed by atoms with van der Waals surface area (Å²) in [5.41, 5.74) is -0.568. The monoisotopic (exact) mass is 259 g/mol. The minimum Gasteiger partial charge on any atom is -0.316 e. The molecule has 98 valence electrons. The molecule has 0 amide bonds. The van der Waals surface area contributed by atoms with Gasteiger partial charge >= 0.3 is 6.18 Å². The molecule has 1 saturated carbocycles. The van der Waals surface area contributed by atoms with Crippen LogP contribution in [0.3, 0.4) is 0 Å². The summed E-state index contributed by atoms with van der Waals surface area (Å²) >= 11 is 0. The fourth-order valence-corrected chi connectivity index (χ4v) is 3.10. The smallest absolute Gasteiger partial charge is 0.316 e. The number of rotatable bonds is 1. The Morgan fingerprint density at radius 3 is 2.67 bits per heavy atom. The molecule has 18 heavy (non-hydrogen) atoms. The van der Waals surface area contributed by atoms with Crippen LogP contribution in [0, 0.1) is 11.2 Å². The van der Waals surface area contributed by atoms with Gasteiger partial charge in [0.15, 0.2) is 0 Å². The third-order valence-electron chi connectivity index (χ3n) is 4.16. The maximum absolute atomic E-state index is 13.0. The fourth-order valence-electron chi connectivity index (χ4n) is 3.10. The molecule has 0 aromatic heterocycles. The van der Waals surface area contributed by atoms with Crippen molar-refractivity contribution in [2.75, 3.05) is 13.1 Å². The molecule has 0 bridgehead atoms. The van der Waals surface area contributed by atoms with Gasteiger partial charge in [-0.05, 0) is 48.4 Å². The molecule has 2 fully saturated rings. The highest BCUT2D eigenvalue weighted by Crippen LogP contribution is 2.63. The second-order valence-corrected chi connectivity index (χ2v) is 5.28. The van der Waals surface area contributed by atoms with Crippen LogP contribution in [0.1, 0.15) is 29.9 Å². The lowest BCUT2D eigenvalue weighted by Crippen LogP contribution is -2.13. The second-order valence-electron chi connectivity index (χ2n) is 5.28. The van der Waals surface area contributed by atoms with Crippen LogP contribution in [0.15, 0.2) is 18.2 Å². The van der Waals surface area contributed by atoms with Gasteiger partial charge in [-0.15, -0.1) is 0 Å². The second kappa shape index (κ2) is 3.70. The third-order valence-corrected chi connectivity index (χ3v) is 4.16. The predicted octanol–water partition coefficient (Wildman–Crippen LogP) is 3.31.